The monoisotopic (exact) mass is 1950 g/mol. The van der Waals surface area contributed by atoms with Crippen LogP contribution < -0.4 is 14.7 Å². The maximum absolute atomic E-state index is 13.7. The minimum absolute atomic E-state index is 0.00931. The van der Waals surface area contributed by atoms with Gasteiger partial charge in [0.1, 0.15) is 40.8 Å². The summed E-state index contributed by atoms with van der Waals surface area (Å²) in [7, 11) is 1.38. The van der Waals surface area contributed by atoms with Gasteiger partial charge in [-0.25, -0.2) is 85.8 Å². The third-order valence-electron chi connectivity index (χ3n) is 21.4. The molecule has 0 radical (unpaired) electrons. The first-order valence-corrected chi connectivity index (χ1v) is 43.2. The molecule has 9 aromatic carbocycles. The number of fused-ring (bicyclic) bond motifs is 3. The number of carbonyl (C=O) groups excluding carboxylic acids is 2. The third kappa shape index (κ3) is 28.1. The number of ketones is 1. The number of ether oxygens (including phenoxy) is 1. The van der Waals surface area contributed by atoms with E-state index in [1.165, 1.54) is 68.0 Å². The zero-order chi connectivity index (χ0) is 100. The van der Waals surface area contributed by atoms with Crippen LogP contribution in [-0.2, 0) is 74.6 Å². The van der Waals surface area contributed by atoms with Gasteiger partial charge in [-0.1, -0.05) is 42.5 Å². The molecule has 8 heterocycles. The maximum atomic E-state index is 13.7. The van der Waals surface area contributed by atoms with E-state index in [-0.39, 0.29) is 81.6 Å². The lowest BCUT2D eigenvalue weighted by Gasteiger charge is -2.18. The van der Waals surface area contributed by atoms with Crippen LogP contribution >= 0.6 is 23.2 Å². The molecule has 14 aromatic rings. The number of rotatable bonds is 20. The molecular weight excluding hydrogens is 1880 g/mol. The van der Waals surface area contributed by atoms with Crippen LogP contribution in [0.1, 0.15) is 162 Å². The number of halogens is 17. The van der Waals surface area contributed by atoms with Crippen LogP contribution in [0.4, 0.5) is 101 Å². The molecule has 0 bridgehead atoms. The average molecular weight is 1960 g/mol. The minimum Gasteiger partial charge on any atom is -0.478 e. The number of benzene rings is 9. The number of aliphatic hydroxyl groups is 1. The molecule has 21 nitrogen and oxygen atoms in total. The number of aromatic carboxylic acids is 1. The van der Waals surface area contributed by atoms with E-state index in [9.17, 15) is 85.3 Å². The summed E-state index contributed by atoms with van der Waals surface area (Å²) in [5.74, 6) is -4.45. The smallest absolute Gasteiger partial charge is 0.416 e. The van der Waals surface area contributed by atoms with Gasteiger partial charge in [-0.2, -0.15) is 50.0 Å². The van der Waals surface area contributed by atoms with Gasteiger partial charge >= 0.3 is 30.5 Å². The zero-order valence-corrected chi connectivity index (χ0v) is 75.5. The predicted octanol–water partition coefficient (Wildman–Crippen LogP) is 22.8. The number of aryl methyl sites for hydroxylation is 3. The molecule has 714 valence electrons. The van der Waals surface area contributed by atoms with Gasteiger partial charge in [0.15, 0.2) is 5.78 Å². The van der Waals surface area contributed by atoms with Crippen LogP contribution in [0.3, 0.4) is 0 Å². The highest BCUT2D eigenvalue weighted by Crippen LogP contribution is 2.41. The van der Waals surface area contributed by atoms with Crippen molar-refractivity contribution in [3.05, 3.63) is 399 Å². The van der Waals surface area contributed by atoms with Crippen LogP contribution in [0.2, 0.25) is 10.6 Å². The molecular formula is C101H80Cl2F15N15O6. The fourth-order valence-corrected chi connectivity index (χ4v) is 16.0. The number of carbonyl (C=O) groups is 3. The summed E-state index contributed by atoms with van der Waals surface area (Å²) in [6.07, 6.45) is -1.84. The number of methoxy groups -OCH3 is 1. The van der Waals surface area contributed by atoms with Gasteiger partial charge in [-0.3, -0.25) is 4.79 Å². The number of carboxylic acids is 1. The first kappa shape index (κ1) is 103. The Kier molecular flexibility index (Phi) is 34.1. The van der Waals surface area contributed by atoms with Crippen molar-refractivity contribution in [1.82, 2.24) is 49.8 Å². The van der Waals surface area contributed by atoms with E-state index in [2.05, 4.69) is 44.9 Å². The van der Waals surface area contributed by atoms with E-state index < -0.39 is 64.6 Å². The Hall–Kier alpha value is -15.1. The average Bonchev–Trinajstić information content (AvgIpc) is 1.53. The summed E-state index contributed by atoms with van der Waals surface area (Å²) in [4.78, 5) is 84.1. The van der Waals surface area contributed by atoms with E-state index in [0.717, 1.165) is 133 Å². The van der Waals surface area contributed by atoms with Crippen molar-refractivity contribution >= 4 is 75.8 Å². The highest BCUT2D eigenvalue weighted by molar-refractivity contribution is 6.28. The Morgan fingerprint density at radius 3 is 1.17 bits per heavy atom. The van der Waals surface area contributed by atoms with Crippen LogP contribution in [0.25, 0.3) is 0 Å². The van der Waals surface area contributed by atoms with Crippen LogP contribution in [0.15, 0.2) is 225 Å². The van der Waals surface area contributed by atoms with Crippen molar-refractivity contribution in [2.24, 2.45) is 0 Å². The summed E-state index contributed by atoms with van der Waals surface area (Å²) in [5, 5.41) is 35.6. The Morgan fingerprint density at radius 1 is 0.432 bits per heavy atom. The third-order valence-corrected chi connectivity index (χ3v) is 21.8. The fourth-order valence-electron chi connectivity index (χ4n) is 15.6. The first-order valence-electron chi connectivity index (χ1n) is 42.4. The fraction of sp³-hybridized carbons (Fsp3) is 0.218. The number of alkyl halides is 9. The van der Waals surface area contributed by atoms with Gasteiger partial charge in [-0.05, 0) is 288 Å². The molecule has 1 unspecified atom stereocenters. The number of hydrogen-bond donors (Lipinski definition) is 2. The first-order chi connectivity index (χ1) is 66.2. The van der Waals surface area contributed by atoms with E-state index in [4.69, 9.17) is 48.6 Å². The number of carboxylic acid groups (broad SMARTS) is 1. The molecule has 0 spiro atoms. The number of Topliss-reactive ketones (excluding diaryl/α,β-unsaturated/α-hetero) is 1. The zero-order valence-electron chi connectivity index (χ0n) is 74.0. The Morgan fingerprint density at radius 2 is 0.784 bits per heavy atom. The molecule has 5 aromatic heterocycles. The van der Waals surface area contributed by atoms with Gasteiger partial charge in [0.2, 0.25) is 28.4 Å². The van der Waals surface area contributed by atoms with Crippen molar-refractivity contribution in [3.8, 4) is 12.1 Å². The Labute approximate surface area is 796 Å². The second-order valence-electron chi connectivity index (χ2n) is 31.8. The van der Waals surface area contributed by atoms with Gasteiger partial charge < -0.3 is 29.6 Å². The lowest BCUT2D eigenvalue weighted by atomic mass is 9.95. The SMILES string of the molecule is COC(=O)c1cccc2c1CCN2c1nccc(Cc2cc(C)cc(F)c2)n1.Cc1cc(F)cc(Cc2ccnc(N3CCc4c(C(=O)CCCO)cccc43)n2)c1.Cc1cc(F)cc(Cc2ccnc(N3CCc4c(C(=O)O)cccc43)n2)c1.Fc1cc(Cc2ccnc(Cl)n2)cc(C(F)(F)F)c1.N#CC(c1cc(F)cc(C(F)(F)F)c1)c1ccnc(Cl)n1.N#CCc1cc(F)cc(C(F)(F)F)c1. The van der Waals surface area contributed by atoms with E-state index in [0.29, 0.717) is 117 Å². The molecule has 2 N–H and O–H groups in total. The second-order valence-corrected chi connectivity index (χ2v) is 32.4. The second kappa shape index (κ2) is 46.1. The van der Waals surface area contributed by atoms with Gasteiger partial charge in [0.25, 0.3) is 0 Å². The van der Waals surface area contributed by atoms with E-state index in [1.54, 1.807) is 48.9 Å². The quantitative estimate of drug-likeness (QED) is 0.0310. The van der Waals surface area contributed by atoms with Gasteiger partial charge in [0, 0.05) is 118 Å². The molecule has 139 heavy (non-hydrogen) atoms. The normalized spacial score (nSPS) is 12.5. The molecule has 3 aliphatic heterocycles. The molecule has 17 rings (SSSR count). The largest absolute Gasteiger partial charge is 0.478 e. The number of nitriles is 2. The molecule has 1 atom stereocenters. The number of nitrogens with zero attached hydrogens (tertiary/aromatic N) is 15. The van der Waals surface area contributed by atoms with E-state index in [1.807, 2.05) is 108 Å². The summed E-state index contributed by atoms with van der Waals surface area (Å²) in [6, 6.07) is 49.7. The van der Waals surface area contributed by atoms with Crippen molar-refractivity contribution in [2.75, 3.05) is 48.1 Å². The van der Waals surface area contributed by atoms with Crippen molar-refractivity contribution in [3.63, 3.8) is 0 Å². The number of aliphatic hydroxyl groups excluding tert-OH is 1. The minimum atomic E-state index is -4.71. The van der Waals surface area contributed by atoms with Gasteiger partial charge in [-0.15, -0.1) is 0 Å². The van der Waals surface area contributed by atoms with Crippen LogP contribution in [-0.4, -0.2) is 111 Å². The topological polar surface area (TPSA) is 287 Å². The van der Waals surface area contributed by atoms with Crippen LogP contribution in [0.5, 0.6) is 0 Å². The Bertz CT molecular complexity index is 6870. The number of aromatic nitrogens is 10. The van der Waals surface area contributed by atoms with Crippen molar-refractivity contribution in [1.29, 1.82) is 10.5 Å². The number of esters is 1. The lowest BCUT2D eigenvalue weighted by Crippen LogP contribution is -2.17. The summed E-state index contributed by atoms with van der Waals surface area (Å²) in [5.41, 5.74) is 12.0. The Balaban J connectivity index is 0.000000152. The highest BCUT2D eigenvalue weighted by atomic mass is 35.5. The predicted molar refractivity (Wildman–Crippen MR) is 486 cm³/mol. The molecule has 0 saturated heterocycles. The van der Waals surface area contributed by atoms with Gasteiger partial charge in [0.05, 0.1) is 76.3 Å². The molecule has 38 heteroatoms. The molecule has 0 fully saturated rings. The molecule has 0 saturated carbocycles. The van der Waals surface area contributed by atoms with Crippen molar-refractivity contribution in [2.45, 2.75) is 109 Å². The molecule has 0 amide bonds. The highest BCUT2D eigenvalue weighted by Gasteiger charge is 2.36. The van der Waals surface area contributed by atoms with E-state index >= 15 is 0 Å². The summed E-state index contributed by atoms with van der Waals surface area (Å²) < 4.78 is 197. The number of hydrogen-bond acceptors (Lipinski definition) is 20. The maximum Gasteiger partial charge on any atom is 0.416 e. The summed E-state index contributed by atoms with van der Waals surface area (Å²) in [6.45, 7) is 7.63. The molecule has 3 aliphatic rings. The van der Waals surface area contributed by atoms with Crippen LogP contribution in [0, 0.1) is 78.3 Å². The standard InChI is InChI=1S/C24H24FN3O2.C22H20FN3O2.C21H18FN3O2.C13H6ClF4N3.C12H7ClF4N2.C9H5F4N/c1-16-12-17(14-18(25)13-16)15-19-7-9-26-24(27-19)28-10-8-20-21(4-2-5-22(20)28)23(30)6-3-11-29;1-14-10-15(12-16(23)11-14)13-17-6-8-24-22(25-17)26-9-7-18-19(21(27)28-2)4-3-5-20(18)26;1-13-9-14(11-15(22)10-13)12-16-5-7-23-21(24-16)25-8-6-17-18(20(26)27)3-2-4-19(17)25;14-12-20-2-1-11(21-12)10(6-19)7-3-8(13(16,17)18)5-9(15)4-7;13-11-18-2-1-10(19-11)5-7-3-8(12(15,16)17)6-9(14)4-7;10-8-4-6(1-2-14)3-7(5-8)9(11,12)13/h2,4-5,7,9,12-14,29H,3,6,8,10-11,15H2,1H3;3-6,8,10-12H,7,9,13H2,1-2H3;2-5,7,9-11H,6,8,12H2,1H3,(H,26,27);1-5,10H;1-4,6H,5H2;3-5H,1H2. The summed E-state index contributed by atoms with van der Waals surface area (Å²) >= 11 is 11.2. The number of anilines is 6. The lowest BCUT2D eigenvalue weighted by molar-refractivity contribution is -0.138. The van der Waals surface area contributed by atoms with Crippen molar-refractivity contribution < 1.29 is 95.2 Å². The molecule has 0 aliphatic carbocycles.